The summed E-state index contributed by atoms with van der Waals surface area (Å²) in [6.07, 6.45) is 6.70. The van der Waals surface area contributed by atoms with Gasteiger partial charge in [-0.25, -0.2) is 19.6 Å². The Morgan fingerprint density at radius 3 is 1.37 bits per heavy atom. The molecular weight excluding hydrogens is 769 g/mol. The lowest BCUT2D eigenvalue weighted by Gasteiger charge is -2.33. The molecule has 4 fully saturated rings. The van der Waals surface area contributed by atoms with Gasteiger partial charge in [-0.15, -0.1) is 0 Å². The minimum absolute atomic E-state index is 0.114. The summed E-state index contributed by atoms with van der Waals surface area (Å²) < 4.78 is 10.9. The zero-order chi connectivity index (χ0) is 41.6. The van der Waals surface area contributed by atoms with Crippen molar-refractivity contribution in [1.82, 2.24) is 40.4 Å². The van der Waals surface area contributed by atoms with Crippen LogP contribution in [-0.4, -0.2) is 116 Å². The number of hydrogen-bond acceptors (Lipinski definition) is 8. The van der Waals surface area contributed by atoms with Gasteiger partial charge in [-0.1, -0.05) is 36.1 Å². The zero-order valence-electron chi connectivity index (χ0n) is 33.3. The molecule has 6 heterocycles. The predicted octanol–water partition coefficient (Wildman–Crippen LogP) is 5.32. The summed E-state index contributed by atoms with van der Waals surface area (Å²) in [7, 11) is 0. The summed E-state index contributed by atoms with van der Waals surface area (Å²) in [4.78, 5) is 70.4. The summed E-state index contributed by atoms with van der Waals surface area (Å²) in [5, 5.41) is 24.0. The highest BCUT2D eigenvalue weighted by Crippen LogP contribution is 2.35. The van der Waals surface area contributed by atoms with Gasteiger partial charge in [0.05, 0.1) is 35.9 Å². The van der Waals surface area contributed by atoms with E-state index in [1.807, 2.05) is 48.5 Å². The fraction of sp³-hybridized carbons (Fsp3) is 0.455. The number of carbonyl (C=O) groups is 4. The SMILES string of the molecule is O=C(O)NC(C(=O)N1CCCC1c1ncc(-c2ccc(C#Cc3ccc(-c4cnc([C@@H]5CCCN5C(=O)[C@@H](NC(=O)O)C5CCOCC5)[nH]4)cc3)cc2)[nH]1)C1CCOCC1. The Bertz CT molecular complexity index is 2060. The van der Waals surface area contributed by atoms with Gasteiger partial charge in [0.2, 0.25) is 11.8 Å². The van der Waals surface area contributed by atoms with Crippen molar-refractivity contribution >= 4 is 24.0 Å². The highest BCUT2D eigenvalue weighted by molar-refractivity contribution is 5.87. The fourth-order valence-electron chi connectivity index (χ4n) is 9.03. The fourth-order valence-corrected chi connectivity index (χ4v) is 9.03. The van der Waals surface area contributed by atoms with Crippen molar-refractivity contribution in [2.45, 2.75) is 75.5 Å². The highest BCUT2D eigenvalue weighted by Gasteiger charge is 2.41. The molecule has 2 unspecified atom stereocenters. The number of nitrogens with zero attached hydrogens (tertiary/aromatic N) is 4. The number of benzene rings is 2. The van der Waals surface area contributed by atoms with E-state index in [4.69, 9.17) is 9.47 Å². The van der Waals surface area contributed by atoms with Crippen molar-refractivity contribution in [2.24, 2.45) is 11.8 Å². The molecule has 4 aromatic rings. The van der Waals surface area contributed by atoms with E-state index in [2.05, 4.69) is 42.4 Å². The van der Waals surface area contributed by atoms with Crippen LogP contribution in [0, 0.1) is 23.7 Å². The number of H-pyrrole nitrogens is 2. The number of likely N-dealkylation sites (tertiary alicyclic amines) is 2. The van der Waals surface area contributed by atoms with E-state index < -0.39 is 24.3 Å². The molecule has 16 heteroatoms. The van der Waals surface area contributed by atoms with Crippen molar-refractivity contribution < 1.29 is 38.9 Å². The molecule has 0 bridgehead atoms. The lowest BCUT2D eigenvalue weighted by molar-refractivity contribution is -0.137. The molecule has 4 amide bonds. The minimum Gasteiger partial charge on any atom is -0.465 e. The first-order valence-corrected chi connectivity index (χ1v) is 20.8. The molecule has 60 heavy (non-hydrogen) atoms. The monoisotopic (exact) mass is 818 g/mol. The second kappa shape index (κ2) is 18.4. The van der Waals surface area contributed by atoms with Gasteiger partial charge in [-0.3, -0.25) is 9.59 Å². The largest absolute Gasteiger partial charge is 0.465 e. The number of imidazole rings is 2. The number of hydrogen-bond donors (Lipinski definition) is 6. The van der Waals surface area contributed by atoms with Gasteiger partial charge in [0.25, 0.3) is 0 Å². The maximum atomic E-state index is 13.8. The average Bonchev–Trinajstić information content (AvgIpc) is 4.12. The zero-order valence-corrected chi connectivity index (χ0v) is 33.3. The molecule has 0 aliphatic carbocycles. The van der Waals surface area contributed by atoms with E-state index >= 15 is 0 Å². The Labute approximate surface area is 347 Å². The van der Waals surface area contributed by atoms with E-state index in [0.29, 0.717) is 76.8 Å². The number of carboxylic acid groups (broad SMARTS) is 2. The van der Waals surface area contributed by atoms with Gasteiger partial charge in [-0.2, -0.15) is 0 Å². The Morgan fingerprint density at radius 1 is 0.617 bits per heavy atom. The first kappa shape index (κ1) is 40.6. The summed E-state index contributed by atoms with van der Waals surface area (Å²) in [5.41, 5.74) is 5.15. The maximum absolute atomic E-state index is 13.8. The molecular formula is C44H50N8O8. The predicted molar refractivity (Wildman–Crippen MR) is 218 cm³/mol. The van der Waals surface area contributed by atoms with Crippen LogP contribution in [0.1, 0.15) is 86.2 Å². The summed E-state index contributed by atoms with van der Waals surface area (Å²) >= 11 is 0. The van der Waals surface area contributed by atoms with Gasteiger partial charge in [0.15, 0.2) is 0 Å². The third-order valence-electron chi connectivity index (χ3n) is 12.2. The van der Waals surface area contributed by atoms with Crippen LogP contribution in [-0.2, 0) is 19.1 Å². The first-order valence-electron chi connectivity index (χ1n) is 20.8. The first-order chi connectivity index (χ1) is 29.2. The van der Waals surface area contributed by atoms with E-state index in [1.54, 1.807) is 22.2 Å². The Morgan fingerprint density at radius 2 is 1.00 bits per heavy atom. The molecule has 4 aliphatic rings. The van der Waals surface area contributed by atoms with E-state index in [9.17, 15) is 29.4 Å². The molecule has 2 aromatic carbocycles. The lowest BCUT2D eigenvalue weighted by Crippen LogP contribution is -2.52. The minimum atomic E-state index is -1.21. The second-order valence-corrected chi connectivity index (χ2v) is 15.9. The van der Waals surface area contributed by atoms with Crippen molar-refractivity contribution in [3.63, 3.8) is 0 Å². The van der Waals surface area contributed by atoms with E-state index in [-0.39, 0.29) is 35.7 Å². The molecule has 4 atom stereocenters. The van der Waals surface area contributed by atoms with Gasteiger partial charge < -0.3 is 50.1 Å². The third kappa shape index (κ3) is 9.17. The molecule has 0 radical (unpaired) electrons. The molecule has 0 saturated carbocycles. The Balaban J connectivity index is 0.888. The molecule has 2 aromatic heterocycles. The molecule has 4 saturated heterocycles. The van der Waals surface area contributed by atoms with Crippen molar-refractivity contribution in [2.75, 3.05) is 39.5 Å². The van der Waals surface area contributed by atoms with Crippen LogP contribution in [0.3, 0.4) is 0 Å². The molecule has 314 valence electrons. The van der Waals surface area contributed by atoms with Crippen LogP contribution >= 0.6 is 0 Å². The third-order valence-corrected chi connectivity index (χ3v) is 12.2. The second-order valence-electron chi connectivity index (χ2n) is 15.9. The smallest absolute Gasteiger partial charge is 0.405 e. The lowest BCUT2D eigenvalue weighted by atomic mass is 9.90. The van der Waals surface area contributed by atoms with Crippen molar-refractivity contribution in [3.8, 4) is 34.4 Å². The number of carbonyl (C=O) groups excluding carboxylic acids is 2. The molecule has 0 spiro atoms. The number of aromatic amines is 2. The molecule has 16 nitrogen and oxygen atoms in total. The van der Waals surface area contributed by atoms with Crippen LogP contribution in [0.2, 0.25) is 0 Å². The van der Waals surface area contributed by atoms with Gasteiger partial charge in [0, 0.05) is 50.6 Å². The van der Waals surface area contributed by atoms with E-state index in [0.717, 1.165) is 59.3 Å². The molecule has 4 aliphatic heterocycles. The number of rotatable bonds is 10. The molecule has 8 rings (SSSR count). The van der Waals surface area contributed by atoms with Crippen LogP contribution in [0.15, 0.2) is 60.9 Å². The van der Waals surface area contributed by atoms with Crippen LogP contribution in [0.25, 0.3) is 22.5 Å². The summed E-state index contributed by atoms with van der Waals surface area (Å²) in [6, 6.07) is 13.5. The summed E-state index contributed by atoms with van der Waals surface area (Å²) in [5.74, 6) is 7.17. The normalized spacial score (nSPS) is 20.9. The standard InChI is InChI=1S/C44H50N8O8/c53-41(37(49-43(55)56)31-15-21-59-22-16-31)51-19-1-3-35(51)39-45-25-33(47-39)29-11-7-27(8-12-29)5-6-28-9-13-30(14-10-28)34-26-46-40(48-34)36-4-2-20-52(36)42(54)38(50-44(57)58)32-17-23-60-24-18-32/h7-14,25-26,31-32,35-38,49-50H,1-4,15-24H2,(H,45,47)(H,46,48)(H,55,56)(H,57,58)/t35-,36?,37-,38?/m0/s1. The number of aromatic nitrogens is 4. The quantitative estimate of drug-likeness (QED) is 0.113. The van der Waals surface area contributed by atoms with Crippen molar-refractivity contribution in [3.05, 3.63) is 83.7 Å². The number of ether oxygens (including phenoxy) is 2. The van der Waals surface area contributed by atoms with E-state index in [1.165, 1.54) is 0 Å². The van der Waals surface area contributed by atoms with Crippen LogP contribution < -0.4 is 10.6 Å². The average molecular weight is 819 g/mol. The summed E-state index contributed by atoms with van der Waals surface area (Å²) in [6.45, 7) is 3.12. The van der Waals surface area contributed by atoms with Gasteiger partial charge >= 0.3 is 12.2 Å². The van der Waals surface area contributed by atoms with Crippen molar-refractivity contribution in [1.29, 1.82) is 0 Å². The van der Waals surface area contributed by atoms with Crippen LogP contribution in [0.4, 0.5) is 9.59 Å². The molecule has 6 N–H and O–H groups in total. The highest BCUT2D eigenvalue weighted by atomic mass is 16.5. The van der Waals surface area contributed by atoms with Crippen LogP contribution in [0.5, 0.6) is 0 Å². The van der Waals surface area contributed by atoms with Gasteiger partial charge in [-0.05, 0) is 98.6 Å². The Kier molecular flexibility index (Phi) is 12.4. The topological polar surface area (TPSA) is 215 Å². The number of nitrogens with one attached hydrogen (secondary N) is 4. The Hall–Kier alpha value is -6.18. The number of amides is 4. The maximum Gasteiger partial charge on any atom is 0.405 e. The van der Waals surface area contributed by atoms with Gasteiger partial charge in [0.1, 0.15) is 23.7 Å².